The number of carbonyl (C=O) groups is 1. The van der Waals surface area contributed by atoms with E-state index in [0.717, 1.165) is 42.3 Å². The van der Waals surface area contributed by atoms with Crippen LogP contribution in [0.4, 0.5) is 4.79 Å². The Hall–Kier alpha value is -1.30. The molecule has 0 aromatic carbocycles. The van der Waals surface area contributed by atoms with Crippen LogP contribution >= 0.6 is 11.8 Å². The van der Waals surface area contributed by atoms with Gasteiger partial charge in [0.25, 0.3) is 0 Å². The molecule has 2 heterocycles. The Kier molecular flexibility index (Phi) is 5.67. The van der Waals surface area contributed by atoms with E-state index in [9.17, 15) is 4.79 Å². The highest BCUT2D eigenvalue weighted by atomic mass is 32.2. The van der Waals surface area contributed by atoms with E-state index in [1.54, 1.807) is 11.8 Å². The van der Waals surface area contributed by atoms with Crippen molar-refractivity contribution in [1.29, 1.82) is 0 Å². The minimum absolute atomic E-state index is 0.201. The van der Waals surface area contributed by atoms with Crippen LogP contribution in [0.25, 0.3) is 0 Å². The summed E-state index contributed by atoms with van der Waals surface area (Å²) in [5, 5.41) is 9.14. The maximum absolute atomic E-state index is 12.3. The van der Waals surface area contributed by atoms with Gasteiger partial charge in [-0.15, -0.1) is 16.9 Å². The largest absolute Gasteiger partial charge is 0.444 e. The average Bonchev–Trinajstić information content (AvgIpc) is 2.45. The number of carbonyl (C=O) groups excluding carboxylic acids is 1. The molecule has 0 aliphatic carbocycles. The summed E-state index contributed by atoms with van der Waals surface area (Å²) in [6.45, 7) is 8.41. The van der Waals surface area contributed by atoms with Gasteiger partial charge in [-0.05, 0) is 59.1 Å². The van der Waals surface area contributed by atoms with Crippen LogP contribution in [0.3, 0.4) is 0 Å². The smallest absolute Gasteiger partial charge is 0.410 e. The van der Waals surface area contributed by atoms with E-state index in [1.165, 1.54) is 0 Å². The lowest BCUT2D eigenvalue weighted by atomic mass is 10.0. The third-order valence-electron chi connectivity index (χ3n) is 3.45. The standard InChI is InChI=1S/C16H25N3O2S/c1-12-8-9-14(18-17-12)22-11-13-7-5-6-10-19(13)15(20)21-16(2,3)4/h8-9,13H,5-7,10-11H2,1-4H3/t13-/m1/s1. The predicted octanol–water partition coefficient (Wildman–Crippen LogP) is 3.67. The van der Waals surface area contributed by atoms with Crippen molar-refractivity contribution in [3.63, 3.8) is 0 Å². The van der Waals surface area contributed by atoms with Gasteiger partial charge in [0.15, 0.2) is 0 Å². The zero-order chi connectivity index (χ0) is 16.2. The number of aryl methyl sites for hydroxylation is 1. The topological polar surface area (TPSA) is 55.3 Å². The lowest BCUT2D eigenvalue weighted by Gasteiger charge is -2.36. The van der Waals surface area contributed by atoms with Gasteiger partial charge in [0.2, 0.25) is 0 Å². The molecular formula is C16H25N3O2S. The van der Waals surface area contributed by atoms with E-state index in [4.69, 9.17) is 4.74 Å². The summed E-state index contributed by atoms with van der Waals surface area (Å²) < 4.78 is 5.52. The minimum Gasteiger partial charge on any atom is -0.444 e. The number of amides is 1. The number of thioether (sulfide) groups is 1. The Morgan fingerprint density at radius 2 is 2.14 bits per heavy atom. The van der Waals surface area contributed by atoms with Crippen molar-refractivity contribution in [3.8, 4) is 0 Å². The zero-order valence-electron chi connectivity index (χ0n) is 13.8. The van der Waals surface area contributed by atoms with Gasteiger partial charge in [0.1, 0.15) is 10.6 Å². The summed E-state index contributed by atoms with van der Waals surface area (Å²) in [4.78, 5) is 14.2. The lowest BCUT2D eigenvalue weighted by Crippen LogP contribution is -2.47. The second-order valence-corrected chi connectivity index (χ2v) is 7.69. The first-order valence-electron chi connectivity index (χ1n) is 7.78. The van der Waals surface area contributed by atoms with Crippen molar-refractivity contribution in [1.82, 2.24) is 15.1 Å². The van der Waals surface area contributed by atoms with Gasteiger partial charge >= 0.3 is 6.09 Å². The second-order valence-electron chi connectivity index (χ2n) is 6.65. The normalized spacial score (nSPS) is 19.1. The van der Waals surface area contributed by atoms with E-state index in [0.29, 0.717) is 0 Å². The summed E-state index contributed by atoms with van der Waals surface area (Å²) in [7, 11) is 0. The number of aromatic nitrogens is 2. The molecule has 1 aliphatic rings. The van der Waals surface area contributed by atoms with E-state index in [1.807, 2.05) is 44.7 Å². The Morgan fingerprint density at radius 3 is 2.77 bits per heavy atom. The number of piperidine rings is 1. The van der Waals surface area contributed by atoms with Crippen LogP contribution in [0.15, 0.2) is 17.2 Å². The molecule has 0 unspecified atom stereocenters. The molecule has 122 valence electrons. The summed E-state index contributed by atoms with van der Waals surface area (Å²) >= 11 is 1.65. The molecule has 1 aromatic rings. The number of hydrogen-bond donors (Lipinski definition) is 0. The summed E-state index contributed by atoms with van der Waals surface area (Å²) in [5.74, 6) is 0.830. The zero-order valence-corrected chi connectivity index (χ0v) is 14.7. The van der Waals surface area contributed by atoms with E-state index in [2.05, 4.69) is 10.2 Å². The molecule has 5 nitrogen and oxygen atoms in total. The monoisotopic (exact) mass is 323 g/mol. The molecular weight excluding hydrogens is 298 g/mol. The summed E-state index contributed by atoms with van der Waals surface area (Å²) in [6.07, 6.45) is 3.02. The van der Waals surface area contributed by atoms with Crippen molar-refractivity contribution in [3.05, 3.63) is 17.8 Å². The molecule has 1 aromatic heterocycles. The van der Waals surface area contributed by atoms with Crippen molar-refractivity contribution in [2.75, 3.05) is 12.3 Å². The number of likely N-dealkylation sites (tertiary alicyclic amines) is 1. The molecule has 2 rings (SSSR count). The SMILES string of the molecule is Cc1ccc(SC[C@H]2CCCCN2C(=O)OC(C)(C)C)nn1. The number of ether oxygens (including phenoxy) is 1. The third-order valence-corrected chi connectivity index (χ3v) is 4.52. The van der Waals surface area contributed by atoms with Crippen LogP contribution in [0, 0.1) is 6.92 Å². The molecule has 22 heavy (non-hydrogen) atoms. The molecule has 1 saturated heterocycles. The third kappa shape index (κ3) is 5.16. The average molecular weight is 323 g/mol. The molecule has 1 fully saturated rings. The molecule has 0 spiro atoms. The summed E-state index contributed by atoms with van der Waals surface area (Å²) in [5.41, 5.74) is 0.465. The maximum atomic E-state index is 12.3. The first-order valence-corrected chi connectivity index (χ1v) is 8.76. The predicted molar refractivity (Wildman–Crippen MR) is 88.1 cm³/mol. The second kappa shape index (κ2) is 7.31. The van der Waals surface area contributed by atoms with Crippen LogP contribution < -0.4 is 0 Å². The molecule has 0 bridgehead atoms. The van der Waals surface area contributed by atoms with Crippen LogP contribution in [-0.2, 0) is 4.74 Å². The van der Waals surface area contributed by atoms with Crippen LogP contribution in [0.5, 0.6) is 0 Å². The van der Waals surface area contributed by atoms with Crippen LogP contribution in [0.2, 0.25) is 0 Å². The Balaban J connectivity index is 1.94. The molecule has 1 amide bonds. The van der Waals surface area contributed by atoms with Crippen molar-refractivity contribution < 1.29 is 9.53 Å². The Labute approximate surface area is 136 Å². The maximum Gasteiger partial charge on any atom is 0.410 e. The fourth-order valence-corrected chi connectivity index (χ4v) is 3.35. The van der Waals surface area contributed by atoms with Gasteiger partial charge in [0, 0.05) is 18.3 Å². The van der Waals surface area contributed by atoms with Crippen molar-refractivity contribution in [2.24, 2.45) is 0 Å². The lowest BCUT2D eigenvalue weighted by molar-refractivity contribution is 0.0126. The molecule has 6 heteroatoms. The highest BCUT2D eigenvalue weighted by Crippen LogP contribution is 2.25. The van der Waals surface area contributed by atoms with Gasteiger partial charge in [-0.25, -0.2) is 4.79 Å². The number of nitrogens with zero attached hydrogens (tertiary/aromatic N) is 3. The minimum atomic E-state index is -0.450. The molecule has 0 saturated carbocycles. The summed E-state index contributed by atoms with van der Waals surface area (Å²) in [6, 6.07) is 4.15. The van der Waals surface area contributed by atoms with Crippen molar-refractivity contribution in [2.45, 2.75) is 63.6 Å². The van der Waals surface area contributed by atoms with Gasteiger partial charge in [0.05, 0.1) is 5.69 Å². The highest BCUT2D eigenvalue weighted by molar-refractivity contribution is 7.99. The van der Waals surface area contributed by atoms with Crippen molar-refractivity contribution >= 4 is 17.9 Å². The van der Waals surface area contributed by atoms with Gasteiger partial charge in [-0.1, -0.05) is 0 Å². The van der Waals surface area contributed by atoms with Crippen LogP contribution in [0.1, 0.15) is 45.7 Å². The molecule has 0 radical (unpaired) electrons. The molecule has 1 aliphatic heterocycles. The molecule has 1 atom stereocenters. The Bertz CT molecular complexity index is 499. The van der Waals surface area contributed by atoms with Crippen LogP contribution in [-0.4, -0.2) is 45.1 Å². The quantitative estimate of drug-likeness (QED) is 0.794. The number of hydrogen-bond acceptors (Lipinski definition) is 5. The van der Waals surface area contributed by atoms with Gasteiger partial charge in [-0.3, -0.25) is 0 Å². The van der Waals surface area contributed by atoms with E-state index < -0.39 is 5.60 Å². The molecule has 0 N–H and O–H groups in total. The first-order chi connectivity index (χ1) is 10.3. The fraction of sp³-hybridized carbons (Fsp3) is 0.688. The van der Waals surface area contributed by atoms with Gasteiger partial charge in [-0.2, -0.15) is 5.10 Å². The first kappa shape index (κ1) is 17.1. The number of rotatable bonds is 3. The Morgan fingerprint density at radius 1 is 1.36 bits per heavy atom. The van der Waals surface area contributed by atoms with Gasteiger partial charge < -0.3 is 9.64 Å². The fourth-order valence-electron chi connectivity index (χ4n) is 2.38. The van der Waals surface area contributed by atoms with E-state index in [-0.39, 0.29) is 12.1 Å². The highest BCUT2D eigenvalue weighted by Gasteiger charge is 2.30. The van der Waals surface area contributed by atoms with E-state index >= 15 is 0 Å².